The van der Waals surface area contributed by atoms with E-state index < -0.39 is 0 Å². The Morgan fingerprint density at radius 3 is 2.88 bits per heavy atom. The molecule has 7 heteroatoms. The highest BCUT2D eigenvalue weighted by Crippen LogP contribution is 2.35. The molecule has 0 atom stereocenters. The Kier molecular flexibility index (Phi) is 3.83. The first-order valence-electron chi connectivity index (χ1n) is 8.33. The molecule has 0 saturated carbocycles. The third-order valence-corrected chi connectivity index (χ3v) is 4.44. The van der Waals surface area contributed by atoms with E-state index in [1.54, 1.807) is 4.90 Å². The van der Waals surface area contributed by atoms with E-state index in [1.807, 2.05) is 43.1 Å². The second-order valence-electron chi connectivity index (χ2n) is 6.07. The number of hydrogen-bond acceptors (Lipinski definition) is 6. The van der Waals surface area contributed by atoms with Gasteiger partial charge in [0.25, 0.3) is 0 Å². The van der Waals surface area contributed by atoms with Crippen LogP contribution in [0, 0.1) is 0 Å². The number of aromatic nitrogens is 2. The molecule has 0 N–H and O–H groups in total. The quantitative estimate of drug-likeness (QED) is 0.724. The van der Waals surface area contributed by atoms with Gasteiger partial charge in [-0.05, 0) is 25.1 Å². The highest BCUT2D eigenvalue weighted by Gasteiger charge is 2.25. The predicted octanol–water partition coefficient (Wildman–Crippen LogP) is 1.64. The number of benzene rings is 1. The van der Waals surface area contributed by atoms with Crippen LogP contribution in [0.3, 0.4) is 0 Å². The summed E-state index contributed by atoms with van der Waals surface area (Å²) in [6.45, 7) is 4.38. The Morgan fingerprint density at radius 2 is 2.08 bits per heavy atom. The van der Waals surface area contributed by atoms with Gasteiger partial charge in [0.1, 0.15) is 17.9 Å². The summed E-state index contributed by atoms with van der Waals surface area (Å²) in [6, 6.07) is 7.75. The molecule has 25 heavy (non-hydrogen) atoms. The van der Waals surface area contributed by atoms with Crippen molar-refractivity contribution in [3.05, 3.63) is 41.9 Å². The van der Waals surface area contributed by atoms with Gasteiger partial charge in [0.05, 0.1) is 30.2 Å². The van der Waals surface area contributed by atoms with E-state index in [2.05, 4.69) is 15.0 Å². The molecule has 2 aromatic rings. The first-order chi connectivity index (χ1) is 12.2. The van der Waals surface area contributed by atoms with E-state index in [0.717, 1.165) is 40.8 Å². The minimum Gasteiger partial charge on any atom is -0.494 e. The average molecular weight is 337 g/mol. The molecule has 0 bridgehead atoms. The topological polar surface area (TPSA) is 70.9 Å². The summed E-state index contributed by atoms with van der Waals surface area (Å²) in [4.78, 5) is 28.9. The Hall–Kier alpha value is -2.96. The second kappa shape index (κ2) is 6.16. The molecule has 2 aliphatic rings. The van der Waals surface area contributed by atoms with Gasteiger partial charge in [-0.3, -0.25) is 4.79 Å². The number of hydrogen-bond donors (Lipinski definition) is 0. The van der Waals surface area contributed by atoms with Crippen LogP contribution < -0.4 is 9.64 Å². The maximum atomic E-state index is 11.9. The van der Waals surface area contributed by atoms with Crippen LogP contribution in [-0.4, -0.2) is 59.8 Å². The zero-order valence-electron chi connectivity index (χ0n) is 14.3. The zero-order valence-corrected chi connectivity index (χ0v) is 14.3. The van der Waals surface area contributed by atoms with Crippen molar-refractivity contribution in [2.75, 3.05) is 38.2 Å². The normalized spacial score (nSPS) is 16.2. The van der Waals surface area contributed by atoms with Gasteiger partial charge in [0, 0.05) is 31.8 Å². The molecule has 1 amide bonds. The molecule has 1 aromatic heterocycles. The summed E-state index contributed by atoms with van der Waals surface area (Å²) in [6.07, 6.45) is 1.53. The van der Waals surface area contributed by atoms with Crippen LogP contribution in [0.25, 0.3) is 0 Å². The Labute approximate surface area is 146 Å². The summed E-state index contributed by atoms with van der Waals surface area (Å²) >= 11 is 0. The van der Waals surface area contributed by atoms with E-state index in [9.17, 15) is 4.79 Å². The third kappa shape index (κ3) is 2.82. The van der Waals surface area contributed by atoms with Gasteiger partial charge in [-0.1, -0.05) is 0 Å². The Morgan fingerprint density at radius 1 is 1.20 bits per heavy atom. The van der Waals surface area contributed by atoms with Crippen molar-refractivity contribution in [1.82, 2.24) is 14.9 Å². The predicted molar refractivity (Wildman–Crippen MR) is 94.8 cm³/mol. The molecule has 128 valence electrons. The number of nitrogens with zero attached hydrogens (tertiary/aromatic N) is 5. The third-order valence-electron chi connectivity index (χ3n) is 4.44. The van der Waals surface area contributed by atoms with Crippen LogP contribution in [0.5, 0.6) is 5.75 Å². The monoisotopic (exact) mass is 337 g/mol. The van der Waals surface area contributed by atoms with Crippen molar-refractivity contribution in [1.29, 1.82) is 0 Å². The number of piperazine rings is 1. The molecule has 3 heterocycles. The largest absolute Gasteiger partial charge is 0.494 e. The number of carbonyl (C=O) groups excluding carboxylic acids is 1. The average Bonchev–Trinajstić information content (AvgIpc) is 2.60. The second-order valence-corrected chi connectivity index (χ2v) is 6.07. The van der Waals surface area contributed by atoms with E-state index in [0.29, 0.717) is 19.7 Å². The number of aliphatic imine (C=N–C) groups is 1. The number of likely N-dealkylation sites (N-methyl/N-ethyl adjacent to an activating group) is 1. The van der Waals surface area contributed by atoms with Gasteiger partial charge >= 0.3 is 0 Å². The lowest BCUT2D eigenvalue weighted by molar-refractivity contribution is -0.129. The fraction of sp³-hybridized carbons (Fsp3) is 0.333. The van der Waals surface area contributed by atoms with Crippen molar-refractivity contribution in [3.8, 4) is 5.75 Å². The minimum atomic E-state index is 0.0964. The van der Waals surface area contributed by atoms with Gasteiger partial charge in [-0.25, -0.2) is 15.0 Å². The minimum absolute atomic E-state index is 0.0964. The van der Waals surface area contributed by atoms with Crippen molar-refractivity contribution in [3.63, 3.8) is 0 Å². The smallest absolute Gasteiger partial charge is 0.241 e. The van der Waals surface area contributed by atoms with Gasteiger partial charge in [-0.15, -0.1) is 0 Å². The van der Waals surface area contributed by atoms with Crippen LogP contribution in [0.15, 0.2) is 35.6 Å². The summed E-state index contributed by atoms with van der Waals surface area (Å²) in [5.41, 5.74) is 3.57. The molecule has 0 aliphatic carbocycles. The lowest BCUT2D eigenvalue weighted by atomic mass is 9.99. The molecule has 1 saturated heterocycles. The van der Waals surface area contributed by atoms with Crippen LogP contribution in [0.1, 0.15) is 18.2 Å². The molecule has 1 aromatic carbocycles. The van der Waals surface area contributed by atoms with Crippen LogP contribution in [0.2, 0.25) is 0 Å². The number of carbonyl (C=O) groups is 1. The van der Waals surface area contributed by atoms with Crippen molar-refractivity contribution >= 4 is 23.1 Å². The van der Waals surface area contributed by atoms with Crippen LogP contribution in [0.4, 0.5) is 11.5 Å². The molecular formula is C18H19N5O2. The summed E-state index contributed by atoms with van der Waals surface area (Å²) in [5.74, 6) is 1.68. The van der Waals surface area contributed by atoms with E-state index in [1.165, 1.54) is 6.33 Å². The molecule has 2 aliphatic heterocycles. The molecule has 0 unspecified atom stereocenters. The summed E-state index contributed by atoms with van der Waals surface area (Å²) in [7, 11) is 1.82. The van der Waals surface area contributed by atoms with E-state index >= 15 is 0 Å². The van der Waals surface area contributed by atoms with Crippen molar-refractivity contribution < 1.29 is 9.53 Å². The number of ether oxygens (including phenoxy) is 1. The fourth-order valence-corrected chi connectivity index (χ4v) is 2.99. The van der Waals surface area contributed by atoms with Crippen molar-refractivity contribution in [2.45, 2.75) is 6.92 Å². The van der Waals surface area contributed by atoms with Gasteiger partial charge in [-0.2, -0.15) is 0 Å². The maximum Gasteiger partial charge on any atom is 0.241 e. The molecule has 4 rings (SSSR count). The van der Waals surface area contributed by atoms with Crippen LogP contribution >= 0.6 is 0 Å². The summed E-state index contributed by atoms with van der Waals surface area (Å²) < 4.78 is 5.56. The standard InChI is InChI=1S/C18H19N5O2/c1-3-25-12-4-5-14-13(8-12)18(21-14)15-9-16(20-11-19-15)23-7-6-22(2)17(24)10-23/h4-5,8-9,11H,3,6-7,10H2,1-2H3. The highest BCUT2D eigenvalue weighted by atomic mass is 16.5. The Balaban J connectivity index is 1.59. The molecule has 7 nitrogen and oxygen atoms in total. The van der Waals surface area contributed by atoms with Gasteiger partial charge in [0.15, 0.2) is 0 Å². The fourth-order valence-electron chi connectivity index (χ4n) is 2.99. The Bertz CT molecular complexity index is 864. The van der Waals surface area contributed by atoms with E-state index in [4.69, 9.17) is 4.74 Å². The summed E-state index contributed by atoms with van der Waals surface area (Å²) in [5, 5.41) is 0. The van der Waals surface area contributed by atoms with Crippen molar-refractivity contribution in [2.24, 2.45) is 4.99 Å². The highest BCUT2D eigenvalue weighted by molar-refractivity contribution is 6.21. The first-order valence-corrected chi connectivity index (χ1v) is 8.33. The molecule has 0 radical (unpaired) electrons. The van der Waals surface area contributed by atoms with Gasteiger partial charge in [0.2, 0.25) is 5.91 Å². The molecule has 1 fully saturated rings. The number of amides is 1. The SMILES string of the molecule is CCOc1ccc2c(c1)C(c1cc(N3CCN(C)C(=O)C3)ncn1)=N2. The van der Waals surface area contributed by atoms with Crippen LogP contribution in [-0.2, 0) is 4.79 Å². The number of fused-ring (bicyclic) bond motifs is 1. The molecule has 0 spiro atoms. The van der Waals surface area contributed by atoms with Gasteiger partial charge < -0.3 is 14.5 Å². The zero-order chi connectivity index (χ0) is 17.4. The lowest BCUT2D eigenvalue weighted by Gasteiger charge is -2.32. The number of rotatable bonds is 4. The molecular weight excluding hydrogens is 318 g/mol. The first kappa shape index (κ1) is 15.6. The number of anilines is 1. The maximum absolute atomic E-state index is 11.9. The van der Waals surface area contributed by atoms with E-state index in [-0.39, 0.29) is 5.91 Å². The lowest BCUT2D eigenvalue weighted by Crippen LogP contribution is -2.48.